The van der Waals surface area contributed by atoms with Gasteiger partial charge in [0, 0.05) is 27.9 Å². The SMILES string of the molecule is Cc1ccc2c(c1)C1(C)C=CC(C)CC1N2c1cccc(-n2c3ccccc3c3cc(C#N)ccc32)n1. The van der Waals surface area contributed by atoms with Crippen molar-refractivity contribution in [3.63, 3.8) is 0 Å². The molecule has 0 bridgehead atoms. The average molecular weight is 481 g/mol. The number of anilines is 2. The van der Waals surface area contributed by atoms with Gasteiger partial charge in [-0.25, -0.2) is 4.98 Å². The van der Waals surface area contributed by atoms with Gasteiger partial charge in [-0.3, -0.25) is 4.57 Å². The highest BCUT2D eigenvalue weighted by atomic mass is 15.3. The van der Waals surface area contributed by atoms with E-state index in [4.69, 9.17) is 4.98 Å². The van der Waals surface area contributed by atoms with Crippen molar-refractivity contribution in [2.45, 2.75) is 38.6 Å². The molecule has 0 saturated carbocycles. The van der Waals surface area contributed by atoms with Crippen LogP contribution in [0.15, 0.2) is 91.0 Å². The molecule has 0 radical (unpaired) electrons. The summed E-state index contributed by atoms with van der Waals surface area (Å²) in [4.78, 5) is 7.78. The van der Waals surface area contributed by atoms with Crippen LogP contribution in [0, 0.1) is 24.2 Å². The molecule has 0 saturated heterocycles. The molecule has 1 aliphatic carbocycles. The topological polar surface area (TPSA) is 44.9 Å². The van der Waals surface area contributed by atoms with Crippen LogP contribution in [-0.2, 0) is 5.41 Å². The molecule has 0 spiro atoms. The molecule has 3 atom stereocenters. The predicted molar refractivity (Wildman–Crippen MR) is 151 cm³/mol. The summed E-state index contributed by atoms with van der Waals surface area (Å²) in [5.41, 5.74) is 6.69. The Morgan fingerprint density at radius 2 is 1.73 bits per heavy atom. The van der Waals surface area contributed by atoms with Gasteiger partial charge < -0.3 is 4.90 Å². The van der Waals surface area contributed by atoms with Crippen LogP contribution in [0.2, 0.25) is 0 Å². The standard InChI is InChI=1S/C33H28N4/c1-21-11-13-29-26(17-21)33(3)16-15-22(2)18-30(33)37(29)32-10-6-9-31(35-32)36-27-8-5-4-7-24(27)25-19-23(20-34)12-14-28(25)36/h4-17,19,22,30H,18H2,1-3H3. The van der Waals surface area contributed by atoms with Crippen LogP contribution in [0.1, 0.15) is 37.0 Å². The number of para-hydroxylation sites is 1. The second-order valence-electron chi connectivity index (χ2n) is 10.8. The molecule has 3 heterocycles. The van der Waals surface area contributed by atoms with E-state index in [0.717, 1.165) is 39.9 Å². The van der Waals surface area contributed by atoms with Crippen molar-refractivity contribution in [2.75, 3.05) is 4.90 Å². The van der Waals surface area contributed by atoms with E-state index in [0.29, 0.717) is 17.5 Å². The molecule has 0 fully saturated rings. The second kappa shape index (κ2) is 7.82. The molecule has 0 amide bonds. The third-order valence-electron chi connectivity index (χ3n) is 8.36. The number of benzene rings is 3. The van der Waals surface area contributed by atoms with Crippen molar-refractivity contribution in [2.24, 2.45) is 5.92 Å². The molecule has 2 aliphatic rings. The van der Waals surface area contributed by atoms with Crippen molar-refractivity contribution in [3.05, 3.63) is 108 Å². The third-order valence-corrected chi connectivity index (χ3v) is 8.36. The zero-order valence-corrected chi connectivity index (χ0v) is 21.3. The Morgan fingerprint density at radius 1 is 0.919 bits per heavy atom. The number of allylic oxidation sites excluding steroid dienone is 1. The average Bonchev–Trinajstić information content (AvgIpc) is 3.38. The second-order valence-corrected chi connectivity index (χ2v) is 10.8. The Kier molecular flexibility index (Phi) is 4.62. The van der Waals surface area contributed by atoms with Crippen LogP contribution in [0.25, 0.3) is 27.6 Å². The first-order chi connectivity index (χ1) is 18.0. The summed E-state index contributed by atoms with van der Waals surface area (Å²) in [6.45, 7) is 6.86. The van der Waals surface area contributed by atoms with Crippen molar-refractivity contribution in [1.82, 2.24) is 9.55 Å². The first-order valence-corrected chi connectivity index (χ1v) is 13.0. The van der Waals surface area contributed by atoms with Crippen LogP contribution in [0.5, 0.6) is 0 Å². The van der Waals surface area contributed by atoms with Gasteiger partial charge in [0.05, 0.1) is 22.7 Å². The molecular weight excluding hydrogens is 452 g/mol. The Morgan fingerprint density at radius 3 is 2.59 bits per heavy atom. The summed E-state index contributed by atoms with van der Waals surface area (Å²) >= 11 is 0. The molecule has 180 valence electrons. The van der Waals surface area contributed by atoms with Gasteiger partial charge in [0.15, 0.2) is 0 Å². The molecule has 0 N–H and O–H groups in total. The predicted octanol–water partition coefficient (Wildman–Crippen LogP) is 7.73. The Labute approximate surface area is 217 Å². The molecule has 3 unspecified atom stereocenters. The molecule has 1 aliphatic heterocycles. The lowest BCUT2D eigenvalue weighted by molar-refractivity contribution is 0.393. The van der Waals surface area contributed by atoms with Crippen molar-refractivity contribution >= 4 is 33.3 Å². The maximum atomic E-state index is 9.50. The van der Waals surface area contributed by atoms with Crippen LogP contribution in [0.3, 0.4) is 0 Å². The fourth-order valence-corrected chi connectivity index (χ4v) is 6.50. The molecule has 3 aromatic carbocycles. The highest BCUT2D eigenvalue weighted by Gasteiger charge is 2.49. The maximum absolute atomic E-state index is 9.50. The van der Waals surface area contributed by atoms with Crippen LogP contribution < -0.4 is 4.90 Å². The Bertz CT molecular complexity index is 1790. The van der Waals surface area contributed by atoms with Gasteiger partial charge in [0.25, 0.3) is 0 Å². The minimum atomic E-state index is -0.0495. The quantitative estimate of drug-likeness (QED) is 0.243. The lowest BCUT2D eigenvalue weighted by Crippen LogP contribution is -2.43. The van der Waals surface area contributed by atoms with E-state index in [1.807, 2.05) is 18.2 Å². The molecule has 4 heteroatoms. The fourth-order valence-electron chi connectivity index (χ4n) is 6.50. The molecule has 7 rings (SSSR count). The normalized spacial score (nSPS) is 22.3. The molecular formula is C33H28N4. The molecule has 2 aromatic heterocycles. The lowest BCUT2D eigenvalue weighted by Gasteiger charge is -2.39. The number of hydrogen-bond acceptors (Lipinski definition) is 3. The van der Waals surface area contributed by atoms with Crippen LogP contribution >= 0.6 is 0 Å². The summed E-state index contributed by atoms with van der Waals surface area (Å²) in [6.07, 6.45) is 5.89. The first kappa shape index (κ1) is 21.9. The Hall–Kier alpha value is -4.36. The first-order valence-electron chi connectivity index (χ1n) is 13.0. The molecule has 5 aromatic rings. The van der Waals surface area contributed by atoms with E-state index in [1.165, 1.54) is 16.8 Å². The lowest BCUT2D eigenvalue weighted by atomic mass is 9.71. The van der Waals surface area contributed by atoms with Gasteiger partial charge in [-0.2, -0.15) is 5.26 Å². The zero-order chi connectivity index (χ0) is 25.3. The Balaban J connectivity index is 1.45. The summed E-state index contributed by atoms with van der Waals surface area (Å²) in [7, 11) is 0. The van der Waals surface area contributed by atoms with Gasteiger partial charge in [-0.05, 0) is 74.2 Å². The fraction of sp³-hybridized carbons (Fsp3) is 0.212. The summed E-state index contributed by atoms with van der Waals surface area (Å²) in [5.74, 6) is 2.37. The van der Waals surface area contributed by atoms with E-state index in [-0.39, 0.29) is 5.41 Å². The number of aryl methyl sites for hydroxylation is 1. The van der Waals surface area contributed by atoms with Gasteiger partial charge >= 0.3 is 0 Å². The van der Waals surface area contributed by atoms with E-state index in [2.05, 4.69) is 109 Å². The monoisotopic (exact) mass is 480 g/mol. The third kappa shape index (κ3) is 3.10. The number of nitriles is 1. The van der Waals surface area contributed by atoms with Crippen molar-refractivity contribution in [1.29, 1.82) is 5.26 Å². The minimum absolute atomic E-state index is 0.0495. The van der Waals surface area contributed by atoms with Gasteiger partial charge in [-0.15, -0.1) is 0 Å². The van der Waals surface area contributed by atoms with Gasteiger partial charge in [0.1, 0.15) is 11.6 Å². The summed E-state index contributed by atoms with van der Waals surface area (Å²) < 4.78 is 2.23. The maximum Gasteiger partial charge on any atom is 0.140 e. The van der Waals surface area contributed by atoms with Crippen LogP contribution in [0.4, 0.5) is 11.5 Å². The van der Waals surface area contributed by atoms with E-state index in [9.17, 15) is 5.26 Å². The largest absolute Gasteiger partial charge is 0.322 e. The number of aromatic nitrogens is 2. The summed E-state index contributed by atoms with van der Waals surface area (Å²) in [5, 5.41) is 11.7. The number of pyridine rings is 1. The zero-order valence-electron chi connectivity index (χ0n) is 21.3. The van der Waals surface area contributed by atoms with E-state index >= 15 is 0 Å². The van der Waals surface area contributed by atoms with E-state index < -0.39 is 0 Å². The van der Waals surface area contributed by atoms with Crippen molar-refractivity contribution in [3.8, 4) is 11.9 Å². The smallest absolute Gasteiger partial charge is 0.140 e. The number of rotatable bonds is 2. The minimum Gasteiger partial charge on any atom is -0.322 e. The van der Waals surface area contributed by atoms with Crippen LogP contribution in [-0.4, -0.2) is 15.6 Å². The van der Waals surface area contributed by atoms with Crippen molar-refractivity contribution < 1.29 is 0 Å². The number of fused-ring (bicyclic) bond motifs is 6. The number of nitrogens with zero attached hydrogens (tertiary/aromatic N) is 4. The van der Waals surface area contributed by atoms with Gasteiger partial charge in [-0.1, -0.05) is 61.0 Å². The molecule has 37 heavy (non-hydrogen) atoms. The molecule has 4 nitrogen and oxygen atoms in total. The number of hydrogen-bond donors (Lipinski definition) is 0. The van der Waals surface area contributed by atoms with E-state index in [1.54, 1.807) is 0 Å². The highest BCUT2D eigenvalue weighted by Crippen LogP contribution is 2.53. The van der Waals surface area contributed by atoms with Gasteiger partial charge in [0.2, 0.25) is 0 Å². The summed E-state index contributed by atoms with van der Waals surface area (Å²) in [6, 6.07) is 30.1. The highest BCUT2D eigenvalue weighted by molar-refractivity contribution is 6.09.